The molecule has 0 heterocycles. The maximum atomic E-state index is 11.0. The summed E-state index contributed by atoms with van der Waals surface area (Å²) in [6.07, 6.45) is -0.519. The lowest BCUT2D eigenvalue weighted by Gasteiger charge is -2.19. The molecule has 0 aliphatic rings. The molecule has 0 aromatic heterocycles. The summed E-state index contributed by atoms with van der Waals surface area (Å²) in [4.78, 5) is 11.0. The van der Waals surface area contributed by atoms with Crippen LogP contribution in [-0.4, -0.2) is 28.2 Å². The molecule has 0 saturated heterocycles. The van der Waals surface area contributed by atoms with E-state index in [1.165, 1.54) is 0 Å². The van der Waals surface area contributed by atoms with Gasteiger partial charge in [-0.15, -0.1) is 0 Å². The molecule has 0 spiro atoms. The molecule has 0 radical (unpaired) electrons. The molecule has 0 bridgehead atoms. The van der Waals surface area contributed by atoms with Crippen LogP contribution < -0.4 is 5.32 Å². The van der Waals surface area contributed by atoms with Crippen molar-refractivity contribution in [2.75, 3.05) is 12.3 Å². The second-order valence-electron chi connectivity index (χ2n) is 3.42. The lowest BCUT2D eigenvalue weighted by molar-refractivity contribution is 0.0531. The van der Waals surface area contributed by atoms with Crippen LogP contribution in [0.1, 0.15) is 20.8 Å². The van der Waals surface area contributed by atoms with Crippen LogP contribution >= 0.6 is 10.7 Å². The van der Waals surface area contributed by atoms with Gasteiger partial charge < -0.3 is 10.1 Å². The summed E-state index contributed by atoms with van der Waals surface area (Å²) in [7, 11) is 3.77. The van der Waals surface area contributed by atoms with Crippen molar-refractivity contribution in [1.29, 1.82) is 0 Å². The van der Waals surface area contributed by atoms with Crippen LogP contribution in [0.4, 0.5) is 4.79 Å². The predicted molar refractivity (Wildman–Crippen MR) is 53.1 cm³/mol. The average Bonchev–Trinajstić information content (AvgIpc) is 1.81. The van der Waals surface area contributed by atoms with Crippen molar-refractivity contribution in [1.82, 2.24) is 5.32 Å². The van der Waals surface area contributed by atoms with Crippen LogP contribution in [0.2, 0.25) is 0 Å². The van der Waals surface area contributed by atoms with E-state index in [1.807, 2.05) is 0 Å². The van der Waals surface area contributed by atoms with Gasteiger partial charge in [0.2, 0.25) is 0 Å². The van der Waals surface area contributed by atoms with Crippen molar-refractivity contribution in [2.24, 2.45) is 0 Å². The molecule has 0 aromatic rings. The van der Waals surface area contributed by atoms with Gasteiger partial charge in [-0.2, -0.15) is 0 Å². The van der Waals surface area contributed by atoms with Crippen molar-refractivity contribution in [3.8, 4) is 0 Å². The Kier molecular flexibility index (Phi) is 5.32. The highest BCUT2D eigenvalue weighted by Gasteiger charge is 2.15. The Morgan fingerprint density at radius 1 is 1.54 bits per heavy atom. The van der Waals surface area contributed by atoms with Crippen molar-refractivity contribution in [2.45, 2.75) is 26.4 Å². The fraction of sp³-hybridized carbons (Fsp3) is 0.857. The van der Waals surface area contributed by atoms with E-state index in [0.29, 0.717) is 0 Å². The van der Waals surface area contributed by atoms with Gasteiger partial charge in [0.05, 0.1) is 5.75 Å². The van der Waals surface area contributed by atoms with E-state index < -0.39 is 21.7 Å². The Morgan fingerprint density at radius 2 is 2.08 bits per heavy atom. The summed E-state index contributed by atoms with van der Waals surface area (Å²) in [5, 5.41) is 2.43. The third kappa shape index (κ3) is 9.63. The molecule has 0 aliphatic carbocycles. The van der Waals surface area contributed by atoms with Crippen molar-refractivity contribution in [3.05, 3.63) is 0 Å². The lowest BCUT2D eigenvalue weighted by atomic mass is 10.2. The van der Waals surface area contributed by atoms with E-state index >= 15 is 0 Å². The Morgan fingerprint density at radius 3 is 2.46 bits per heavy atom. The molecule has 1 amide bonds. The molecule has 1 atom stereocenters. The monoisotopic (exact) mass is 227 g/mol. The van der Waals surface area contributed by atoms with Gasteiger partial charge in [0, 0.05) is 6.54 Å². The number of amides is 1. The van der Waals surface area contributed by atoms with Crippen LogP contribution in [-0.2, 0) is 14.7 Å². The van der Waals surface area contributed by atoms with E-state index in [2.05, 4.69) is 5.32 Å². The molecule has 13 heavy (non-hydrogen) atoms. The van der Waals surface area contributed by atoms with E-state index in [4.69, 9.17) is 15.4 Å². The number of nitrogens with one attached hydrogen (secondary N) is 1. The summed E-state index contributed by atoms with van der Waals surface area (Å²) in [6, 6.07) is 0. The van der Waals surface area contributed by atoms with Gasteiger partial charge in [0.1, 0.15) is 15.6 Å². The van der Waals surface area contributed by atoms with Crippen LogP contribution in [0.5, 0.6) is 0 Å². The molecule has 6 heteroatoms. The first-order chi connectivity index (χ1) is 5.81. The fourth-order valence-corrected chi connectivity index (χ4v) is 1.04. The van der Waals surface area contributed by atoms with Crippen LogP contribution in [0, 0.1) is 0 Å². The van der Waals surface area contributed by atoms with Crippen LogP contribution in [0.15, 0.2) is 0 Å². The highest BCUT2D eigenvalue weighted by molar-refractivity contribution is 8.08. The summed E-state index contributed by atoms with van der Waals surface area (Å²) in [5.74, 6) is 0.223. The minimum absolute atomic E-state index is 0.223. The minimum Gasteiger partial charge on any atom is -0.444 e. The molecule has 1 unspecified atom stereocenters. The van der Waals surface area contributed by atoms with E-state index in [1.54, 1.807) is 20.8 Å². The number of halogens is 1. The van der Waals surface area contributed by atoms with Crippen LogP contribution in [0.25, 0.3) is 0 Å². The van der Waals surface area contributed by atoms with Gasteiger partial charge in [0.15, 0.2) is 0 Å². The van der Waals surface area contributed by atoms with E-state index in [0.717, 1.165) is 0 Å². The molecule has 0 fully saturated rings. The minimum atomic E-state index is -1.40. The topological polar surface area (TPSA) is 55.4 Å². The summed E-state index contributed by atoms with van der Waals surface area (Å²) >= 11 is 0. The van der Waals surface area contributed by atoms with E-state index in [9.17, 15) is 9.00 Å². The van der Waals surface area contributed by atoms with Gasteiger partial charge >= 0.3 is 6.09 Å². The zero-order valence-corrected chi connectivity index (χ0v) is 9.50. The fourth-order valence-electron chi connectivity index (χ4n) is 0.548. The number of hydrogen-bond acceptors (Lipinski definition) is 3. The summed E-state index contributed by atoms with van der Waals surface area (Å²) in [5.41, 5.74) is -0.510. The maximum absolute atomic E-state index is 11.0. The second-order valence-corrected chi connectivity index (χ2v) is 5.44. The zero-order chi connectivity index (χ0) is 10.5. The smallest absolute Gasteiger partial charge is 0.407 e. The molecule has 0 rings (SSSR count). The molecule has 0 saturated carbocycles. The van der Waals surface area contributed by atoms with Crippen molar-refractivity contribution >= 4 is 26.8 Å². The summed E-state index contributed by atoms with van der Waals surface area (Å²) in [6.45, 7) is 5.57. The molecular weight excluding hydrogens is 214 g/mol. The Hall–Kier alpha value is -0.290. The lowest BCUT2D eigenvalue weighted by Crippen LogP contribution is -2.34. The number of carbonyl (C=O) groups excluding carboxylic acids is 1. The molecule has 78 valence electrons. The first-order valence-corrected chi connectivity index (χ1v) is 5.97. The first-order valence-electron chi connectivity index (χ1n) is 3.83. The Bertz CT molecular complexity index is 202. The Balaban J connectivity index is 3.59. The highest BCUT2D eigenvalue weighted by Crippen LogP contribution is 2.06. The molecule has 0 aliphatic heterocycles. The Labute approximate surface area is 84.9 Å². The van der Waals surface area contributed by atoms with Crippen LogP contribution in [0.3, 0.4) is 0 Å². The van der Waals surface area contributed by atoms with Gasteiger partial charge in [-0.3, -0.25) is 0 Å². The largest absolute Gasteiger partial charge is 0.444 e. The van der Waals surface area contributed by atoms with Crippen molar-refractivity contribution in [3.63, 3.8) is 0 Å². The van der Waals surface area contributed by atoms with Gasteiger partial charge in [0.25, 0.3) is 0 Å². The molecule has 0 aromatic carbocycles. The third-order valence-electron chi connectivity index (χ3n) is 0.931. The van der Waals surface area contributed by atoms with Gasteiger partial charge in [-0.05, 0) is 31.5 Å². The number of carbonyl (C=O) groups is 1. The first kappa shape index (κ1) is 12.7. The summed E-state index contributed by atoms with van der Waals surface area (Å²) < 4.78 is 15.3. The zero-order valence-electron chi connectivity index (χ0n) is 7.93. The quantitative estimate of drug-likeness (QED) is 0.742. The standard InChI is InChI=1S/C7H14ClNO3S/c1-7(2,3)12-6(10)9-4-5-13(8)11/h4-5H2,1-3H3,(H,9,10). The molecular formula is C7H14ClNO3S. The number of hydrogen-bond donors (Lipinski definition) is 1. The number of rotatable bonds is 3. The van der Waals surface area contributed by atoms with Crippen molar-refractivity contribution < 1.29 is 13.7 Å². The van der Waals surface area contributed by atoms with E-state index in [-0.39, 0.29) is 12.3 Å². The second kappa shape index (κ2) is 5.44. The predicted octanol–water partition coefficient (Wildman–Crippen LogP) is 1.41. The molecule has 1 N–H and O–H groups in total. The highest BCUT2D eigenvalue weighted by atomic mass is 35.7. The normalized spacial score (nSPS) is 13.5. The number of ether oxygens (including phenoxy) is 1. The average molecular weight is 228 g/mol. The van der Waals surface area contributed by atoms with Gasteiger partial charge in [-0.25, -0.2) is 9.00 Å². The van der Waals surface area contributed by atoms with Gasteiger partial charge in [-0.1, -0.05) is 0 Å². The number of alkyl carbamates (subject to hydrolysis) is 1. The molecule has 4 nitrogen and oxygen atoms in total. The SMILES string of the molecule is CC(C)(C)OC(=O)NCCS(=O)Cl. The maximum Gasteiger partial charge on any atom is 0.407 e. The third-order valence-corrected chi connectivity index (χ3v) is 1.92.